The zero-order valence-corrected chi connectivity index (χ0v) is 11.3. The summed E-state index contributed by atoms with van der Waals surface area (Å²) in [5.41, 5.74) is 2.59. The van der Waals surface area contributed by atoms with E-state index < -0.39 is 0 Å². The number of nitriles is 2. The molecule has 2 aromatic carbocycles. The quantitative estimate of drug-likeness (QED) is 0.711. The maximum Gasteiger partial charge on any atom is 0.176 e. The van der Waals surface area contributed by atoms with Gasteiger partial charge in [0.2, 0.25) is 0 Å². The molecule has 0 bridgehead atoms. The van der Waals surface area contributed by atoms with Crippen LogP contribution in [0.25, 0.3) is 22.3 Å². The van der Waals surface area contributed by atoms with Crippen LogP contribution in [0.5, 0.6) is 5.75 Å². The molecule has 4 heteroatoms. The Kier molecular flexibility index (Phi) is 3.06. The van der Waals surface area contributed by atoms with E-state index in [0.717, 1.165) is 10.9 Å². The molecule has 0 N–H and O–H groups in total. The highest BCUT2D eigenvalue weighted by atomic mass is 16.5. The van der Waals surface area contributed by atoms with Crippen molar-refractivity contribution in [2.24, 2.45) is 0 Å². The summed E-state index contributed by atoms with van der Waals surface area (Å²) in [5, 5.41) is 18.7. The molecule has 1 heterocycles. The first-order valence-electron chi connectivity index (χ1n) is 6.27. The number of hydrogen-bond donors (Lipinski definition) is 0. The SMILES string of the molecule is COc1cc(C#N)cc2cc(-c3ccc(C#N)cc3)oc12. The molecule has 100 valence electrons. The third-order valence-electron chi connectivity index (χ3n) is 3.23. The van der Waals surface area contributed by atoms with Crippen molar-refractivity contribution in [3.8, 4) is 29.2 Å². The molecule has 21 heavy (non-hydrogen) atoms. The van der Waals surface area contributed by atoms with Crippen LogP contribution in [0.3, 0.4) is 0 Å². The van der Waals surface area contributed by atoms with E-state index in [-0.39, 0.29) is 0 Å². The summed E-state index contributed by atoms with van der Waals surface area (Å²) < 4.78 is 11.1. The van der Waals surface area contributed by atoms with Crippen LogP contribution in [0, 0.1) is 22.7 Å². The zero-order chi connectivity index (χ0) is 14.8. The summed E-state index contributed by atoms with van der Waals surface area (Å²) in [6.45, 7) is 0. The third kappa shape index (κ3) is 2.20. The van der Waals surface area contributed by atoms with Crippen LogP contribution in [-0.2, 0) is 0 Å². The van der Waals surface area contributed by atoms with Crippen LogP contribution >= 0.6 is 0 Å². The number of fused-ring (bicyclic) bond motifs is 1. The molecule has 0 fully saturated rings. The van der Waals surface area contributed by atoms with E-state index in [1.807, 2.05) is 18.2 Å². The Bertz CT molecular complexity index is 893. The molecule has 0 aliphatic carbocycles. The Balaban J connectivity index is 2.16. The summed E-state index contributed by atoms with van der Waals surface area (Å²) in [7, 11) is 1.54. The van der Waals surface area contributed by atoms with Gasteiger partial charge in [-0.3, -0.25) is 0 Å². The second-order valence-corrected chi connectivity index (χ2v) is 4.51. The number of hydrogen-bond acceptors (Lipinski definition) is 4. The minimum absolute atomic E-state index is 0.520. The summed E-state index contributed by atoms with van der Waals surface area (Å²) in [6, 6.07) is 16.6. The molecule has 0 unspecified atom stereocenters. The van der Waals surface area contributed by atoms with Gasteiger partial charge in [0, 0.05) is 17.0 Å². The standard InChI is InChI=1S/C17H10N2O2/c1-20-16-7-12(10-19)6-14-8-15(21-17(14)16)13-4-2-11(9-18)3-5-13/h2-8H,1H3. The van der Waals surface area contributed by atoms with Crippen LogP contribution in [0.4, 0.5) is 0 Å². The topological polar surface area (TPSA) is 69.9 Å². The van der Waals surface area contributed by atoms with E-state index in [4.69, 9.17) is 19.7 Å². The zero-order valence-electron chi connectivity index (χ0n) is 11.3. The van der Waals surface area contributed by atoms with Crippen molar-refractivity contribution >= 4 is 11.0 Å². The Morgan fingerprint density at radius 3 is 2.29 bits per heavy atom. The van der Waals surface area contributed by atoms with Crippen molar-refractivity contribution in [3.05, 3.63) is 53.6 Å². The monoisotopic (exact) mass is 274 g/mol. The van der Waals surface area contributed by atoms with Gasteiger partial charge in [0.15, 0.2) is 11.3 Å². The van der Waals surface area contributed by atoms with Crippen molar-refractivity contribution in [1.82, 2.24) is 0 Å². The van der Waals surface area contributed by atoms with Crippen LogP contribution in [0.2, 0.25) is 0 Å². The number of benzene rings is 2. The number of ether oxygens (including phenoxy) is 1. The van der Waals surface area contributed by atoms with Crippen LogP contribution < -0.4 is 4.74 Å². The molecule has 3 aromatic rings. The van der Waals surface area contributed by atoms with Crippen LogP contribution in [0.15, 0.2) is 46.9 Å². The van der Waals surface area contributed by atoms with Gasteiger partial charge >= 0.3 is 0 Å². The Morgan fingerprint density at radius 2 is 1.67 bits per heavy atom. The van der Waals surface area contributed by atoms with E-state index in [1.54, 1.807) is 31.4 Å². The lowest BCUT2D eigenvalue weighted by molar-refractivity contribution is 0.411. The smallest absolute Gasteiger partial charge is 0.176 e. The minimum atomic E-state index is 0.520. The van der Waals surface area contributed by atoms with Gasteiger partial charge in [-0.15, -0.1) is 0 Å². The molecule has 0 amide bonds. The maximum absolute atomic E-state index is 9.03. The van der Waals surface area contributed by atoms with Gasteiger partial charge < -0.3 is 9.15 Å². The Labute approximate surface area is 121 Å². The van der Waals surface area contributed by atoms with E-state index in [1.165, 1.54) is 0 Å². The highest BCUT2D eigenvalue weighted by Gasteiger charge is 2.12. The Hall–Kier alpha value is -3.24. The van der Waals surface area contributed by atoms with Gasteiger partial charge in [0.05, 0.1) is 30.4 Å². The Morgan fingerprint density at radius 1 is 0.952 bits per heavy atom. The van der Waals surface area contributed by atoms with Gasteiger partial charge in [0.25, 0.3) is 0 Å². The molecule has 0 aliphatic rings. The van der Waals surface area contributed by atoms with E-state index in [2.05, 4.69) is 12.1 Å². The molecular weight excluding hydrogens is 264 g/mol. The lowest BCUT2D eigenvalue weighted by atomic mass is 10.1. The summed E-state index contributed by atoms with van der Waals surface area (Å²) in [6.07, 6.45) is 0. The second-order valence-electron chi connectivity index (χ2n) is 4.51. The van der Waals surface area contributed by atoms with Crippen LogP contribution in [0.1, 0.15) is 11.1 Å². The molecule has 0 spiro atoms. The minimum Gasteiger partial charge on any atom is -0.493 e. The predicted octanol–water partition coefficient (Wildman–Crippen LogP) is 3.85. The van der Waals surface area contributed by atoms with Gasteiger partial charge in [-0.2, -0.15) is 10.5 Å². The molecule has 0 radical (unpaired) electrons. The normalized spacial score (nSPS) is 10.0. The van der Waals surface area contributed by atoms with Crippen LogP contribution in [-0.4, -0.2) is 7.11 Å². The number of methoxy groups -OCH3 is 1. The first kappa shape index (κ1) is 12.8. The number of nitrogens with zero attached hydrogens (tertiary/aromatic N) is 2. The highest BCUT2D eigenvalue weighted by molar-refractivity contribution is 5.88. The van der Waals surface area contributed by atoms with Gasteiger partial charge in [0.1, 0.15) is 5.76 Å². The molecule has 4 nitrogen and oxygen atoms in total. The summed E-state index contributed by atoms with van der Waals surface area (Å²) in [5.74, 6) is 1.20. The third-order valence-corrected chi connectivity index (χ3v) is 3.23. The van der Waals surface area contributed by atoms with E-state index >= 15 is 0 Å². The molecule has 1 aromatic heterocycles. The molecular formula is C17H10N2O2. The molecule has 0 saturated heterocycles. The highest BCUT2D eigenvalue weighted by Crippen LogP contribution is 2.34. The largest absolute Gasteiger partial charge is 0.493 e. The van der Waals surface area contributed by atoms with Gasteiger partial charge in [-0.1, -0.05) is 0 Å². The fraction of sp³-hybridized carbons (Fsp3) is 0.0588. The molecule has 0 saturated carbocycles. The molecule has 0 atom stereocenters. The first-order valence-corrected chi connectivity index (χ1v) is 6.27. The lowest BCUT2D eigenvalue weighted by Gasteiger charge is -2.00. The van der Waals surface area contributed by atoms with Gasteiger partial charge in [-0.25, -0.2) is 0 Å². The number of rotatable bonds is 2. The molecule has 0 aliphatic heterocycles. The van der Waals surface area contributed by atoms with Crippen molar-refractivity contribution in [2.45, 2.75) is 0 Å². The maximum atomic E-state index is 9.03. The van der Waals surface area contributed by atoms with Crippen molar-refractivity contribution < 1.29 is 9.15 Å². The average Bonchev–Trinajstić information content (AvgIpc) is 2.97. The average molecular weight is 274 g/mol. The van der Waals surface area contributed by atoms with Crippen molar-refractivity contribution in [1.29, 1.82) is 10.5 Å². The number of furan rings is 1. The summed E-state index contributed by atoms with van der Waals surface area (Å²) >= 11 is 0. The predicted molar refractivity (Wildman–Crippen MR) is 77.6 cm³/mol. The summed E-state index contributed by atoms with van der Waals surface area (Å²) in [4.78, 5) is 0. The van der Waals surface area contributed by atoms with E-state index in [9.17, 15) is 0 Å². The second kappa shape index (κ2) is 5.03. The fourth-order valence-electron chi connectivity index (χ4n) is 2.19. The first-order chi connectivity index (χ1) is 10.2. The molecule has 3 rings (SSSR count). The van der Waals surface area contributed by atoms with Crippen molar-refractivity contribution in [2.75, 3.05) is 7.11 Å². The van der Waals surface area contributed by atoms with E-state index in [0.29, 0.717) is 28.2 Å². The van der Waals surface area contributed by atoms with Gasteiger partial charge in [-0.05, 0) is 36.4 Å². The fourth-order valence-corrected chi connectivity index (χ4v) is 2.19. The lowest BCUT2D eigenvalue weighted by Crippen LogP contribution is -1.84. The van der Waals surface area contributed by atoms with Crippen molar-refractivity contribution in [3.63, 3.8) is 0 Å².